The summed E-state index contributed by atoms with van der Waals surface area (Å²) in [7, 11) is 0. The van der Waals surface area contributed by atoms with Crippen LogP contribution in [0.25, 0.3) is 0 Å². The predicted molar refractivity (Wildman–Crippen MR) is 105 cm³/mol. The van der Waals surface area contributed by atoms with Crippen molar-refractivity contribution in [2.24, 2.45) is 0 Å². The molecule has 0 N–H and O–H groups in total. The van der Waals surface area contributed by atoms with E-state index in [1.54, 1.807) is 18.2 Å². The Labute approximate surface area is 172 Å². The molecule has 30 heavy (non-hydrogen) atoms. The molecule has 1 atom stereocenters. The first-order valence-electron chi connectivity index (χ1n) is 10.1. The molecule has 0 spiro atoms. The van der Waals surface area contributed by atoms with Crippen LogP contribution in [-0.4, -0.2) is 0 Å². The van der Waals surface area contributed by atoms with Crippen molar-refractivity contribution >= 4 is 0 Å². The summed E-state index contributed by atoms with van der Waals surface area (Å²) in [5.74, 6) is -0.139. The molecule has 0 unspecified atom stereocenters. The highest BCUT2D eigenvalue weighted by molar-refractivity contribution is 5.33. The first-order valence-corrected chi connectivity index (χ1v) is 10.1. The number of rotatable bonds is 5. The van der Waals surface area contributed by atoms with E-state index in [9.17, 15) is 26.3 Å². The quantitative estimate of drug-likeness (QED) is 0.333. The molecule has 0 amide bonds. The van der Waals surface area contributed by atoms with Gasteiger partial charge in [-0.1, -0.05) is 48.0 Å². The van der Waals surface area contributed by atoms with Crippen molar-refractivity contribution in [3.8, 4) is 0 Å². The lowest BCUT2D eigenvalue weighted by atomic mass is 9.87. The summed E-state index contributed by atoms with van der Waals surface area (Å²) in [6.07, 6.45) is -1.82. The number of benzene rings is 2. The fourth-order valence-corrected chi connectivity index (χ4v) is 4.17. The van der Waals surface area contributed by atoms with Crippen LogP contribution in [-0.2, 0) is 18.8 Å². The molecule has 1 aliphatic rings. The van der Waals surface area contributed by atoms with Crippen LogP contribution in [0.5, 0.6) is 0 Å². The molecule has 0 heterocycles. The number of hydrogen-bond acceptors (Lipinski definition) is 0. The second-order valence-electron chi connectivity index (χ2n) is 7.81. The Hall–Kier alpha value is -2.24. The minimum Gasteiger partial charge on any atom is -0.166 e. The van der Waals surface area contributed by atoms with Crippen LogP contribution in [0.4, 0.5) is 26.3 Å². The first kappa shape index (κ1) is 22.4. The molecule has 2 aromatic carbocycles. The van der Waals surface area contributed by atoms with Gasteiger partial charge in [-0.3, -0.25) is 0 Å². The lowest BCUT2D eigenvalue weighted by Crippen LogP contribution is -2.12. The second-order valence-corrected chi connectivity index (χ2v) is 7.81. The lowest BCUT2D eigenvalue weighted by molar-refractivity contribution is -0.139. The maximum atomic E-state index is 13.3. The Morgan fingerprint density at radius 1 is 0.800 bits per heavy atom. The van der Waals surface area contributed by atoms with E-state index in [4.69, 9.17) is 0 Å². The van der Waals surface area contributed by atoms with Crippen molar-refractivity contribution in [1.82, 2.24) is 0 Å². The highest BCUT2D eigenvalue weighted by Gasteiger charge is 2.35. The second kappa shape index (κ2) is 9.27. The van der Waals surface area contributed by atoms with Crippen molar-refractivity contribution in [2.75, 3.05) is 0 Å². The smallest absolute Gasteiger partial charge is 0.166 e. The van der Waals surface area contributed by atoms with Crippen LogP contribution < -0.4 is 0 Å². The molecule has 3 rings (SSSR count). The number of allylic oxidation sites excluding steroid dienone is 2. The van der Waals surface area contributed by atoms with Gasteiger partial charge in [-0.05, 0) is 74.1 Å². The van der Waals surface area contributed by atoms with Crippen LogP contribution in [0, 0.1) is 0 Å². The van der Waals surface area contributed by atoms with Crippen molar-refractivity contribution in [3.63, 3.8) is 0 Å². The Kier molecular flexibility index (Phi) is 6.94. The zero-order valence-corrected chi connectivity index (χ0v) is 16.5. The van der Waals surface area contributed by atoms with Gasteiger partial charge in [0, 0.05) is 0 Å². The fourth-order valence-electron chi connectivity index (χ4n) is 4.17. The maximum Gasteiger partial charge on any atom is 0.416 e. The van der Waals surface area contributed by atoms with Gasteiger partial charge < -0.3 is 0 Å². The van der Waals surface area contributed by atoms with Crippen LogP contribution in [0.2, 0.25) is 0 Å². The first-order chi connectivity index (χ1) is 14.1. The van der Waals surface area contributed by atoms with Crippen LogP contribution >= 0.6 is 0 Å². The summed E-state index contributed by atoms with van der Waals surface area (Å²) in [6.45, 7) is 0. The van der Waals surface area contributed by atoms with Gasteiger partial charge >= 0.3 is 12.4 Å². The van der Waals surface area contributed by atoms with Crippen LogP contribution in [0.1, 0.15) is 66.7 Å². The number of aryl methyl sites for hydroxylation is 1. The van der Waals surface area contributed by atoms with Gasteiger partial charge in [0.15, 0.2) is 0 Å². The van der Waals surface area contributed by atoms with Gasteiger partial charge in [0.25, 0.3) is 0 Å². The SMILES string of the molecule is FC(F)(F)c1cccc(CCCC2=CCC[C@@H](c3ccccc3C(F)(F)F)CC2)c1. The largest absolute Gasteiger partial charge is 0.416 e. The third kappa shape index (κ3) is 5.89. The Balaban J connectivity index is 1.56. The molecule has 0 radical (unpaired) electrons. The predicted octanol–water partition coefficient (Wildman–Crippen LogP) is 8.33. The Morgan fingerprint density at radius 3 is 2.30 bits per heavy atom. The van der Waals surface area contributed by atoms with Crippen molar-refractivity contribution in [3.05, 3.63) is 82.4 Å². The van der Waals surface area contributed by atoms with Gasteiger partial charge in [-0.2, -0.15) is 26.3 Å². The molecule has 0 bridgehead atoms. The van der Waals surface area contributed by atoms with Gasteiger partial charge in [0.05, 0.1) is 11.1 Å². The molecule has 1 aliphatic carbocycles. The summed E-state index contributed by atoms with van der Waals surface area (Å²) in [4.78, 5) is 0. The minimum atomic E-state index is -4.36. The van der Waals surface area contributed by atoms with Crippen molar-refractivity contribution in [1.29, 1.82) is 0 Å². The maximum absolute atomic E-state index is 13.3. The van der Waals surface area contributed by atoms with Crippen LogP contribution in [0.15, 0.2) is 60.2 Å². The molecule has 0 nitrogen and oxygen atoms in total. The van der Waals surface area contributed by atoms with Gasteiger partial charge in [0.2, 0.25) is 0 Å². The van der Waals surface area contributed by atoms with Crippen molar-refractivity contribution in [2.45, 2.75) is 63.2 Å². The van der Waals surface area contributed by atoms with Gasteiger partial charge in [-0.15, -0.1) is 0 Å². The van der Waals surface area contributed by atoms with E-state index in [-0.39, 0.29) is 5.92 Å². The highest BCUT2D eigenvalue weighted by Crippen LogP contribution is 2.40. The lowest BCUT2D eigenvalue weighted by Gasteiger charge is -2.20. The van der Waals surface area contributed by atoms with E-state index >= 15 is 0 Å². The zero-order valence-electron chi connectivity index (χ0n) is 16.5. The van der Waals surface area contributed by atoms with E-state index in [2.05, 4.69) is 6.08 Å². The molecule has 2 aromatic rings. The summed E-state index contributed by atoms with van der Waals surface area (Å²) in [5, 5.41) is 0. The zero-order chi connectivity index (χ0) is 21.8. The normalized spacial score (nSPS) is 18.1. The molecule has 0 saturated carbocycles. The molecule has 0 fully saturated rings. The van der Waals surface area contributed by atoms with E-state index in [1.165, 1.54) is 23.8 Å². The van der Waals surface area contributed by atoms with E-state index < -0.39 is 23.5 Å². The van der Waals surface area contributed by atoms with E-state index in [0.717, 1.165) is 37.8 Å². The molecule has 0 aromatic heterocycles. The van der Waals surface area contributed by atoms with Crippen LogP contribution in [0.3, 0.4) is 0 Å². The minimum absolute atomic E-state index is 0.139. The summed E-state index contributed by atoms with van der Waals surface area (Å²) in [6, 6.07) is 11.2. The summed E-state index contributed by atoms with van der Waals surface area (Å²) < 4.78 is 78.5. The molecular formula is C24H24F6. The van der Waals surface area contributed by atoms with E-state index in [1.807, 2.05) is 0 Å². The molecule has 162 valence electrons. The van der Waals surface area contributed by atoms with E-state index in [0.29, 0.717) is 30.4 Å². The Morgan fingerprint density at radius 2 is 1.57 bits per heavy atom. The average molecular weight is 426 g/mol. The monoisotopic (exact) mass is 426 g/mol. The molecular weight excluding hydrogens is 402 g/mol. The number of alkyl halides is 6. The van der Waals surface area contributed by atoms with Gasteiger partial charge in [-0.25, -0.2) is 0 Å². The standard InChI is InChI=1S/C24H24F6/c25-23(26,27)20-11-5-9-18(16-20)8-3-6-17-7-4-10-19(15-14-17)21-12-1-2-13-22(21)24(28,29)30/h1-2,5,7,9,11-13,16,19H,3-4,6,8,10,14-15H2/t19-/m1/s1. The fraction of sp³-hybridized carbons (Fsp3) is 0.417. The molecule has 0 aliphatic heterocycles. The number of halogens is 6. The molecule has 6 heteroatoms. The number of hydrogen-bond donors (Lipinski definition) is 0. The Bertz CT molecular complexity index is 876. The highest BCUT2D eigenvalue weighted by atomic mass is 19.4. The van der Waals surface area contributed by atoms with Crippen molar-refractivity contribution < 1.29 is 26.3 Å². The third-order valence-corrected chi connectivity index (χ3v) is 5.69. The topological polar surface area (TPSA) is 0 Å². The molecule has 0 saturated heterocycles. The third-order valence-electron chi connectivity index (χ3n) is 5.69. The summed E-state index contributed by atoms with van der Waals surface area (Å²) in [5.41, 5.74) is 1.01. The summed E-state index contributed by atoms with van der Waals surface area (Å²) >= 11 is 0. The van der Waals surface area contributed by atoms with Gasteiger partial charge in [0.1, 0.15) is 0 Å². The average Bonchev–Trinajstić information content (AvgIpc) is 2.93.